The number of carbonyl (C=O) groups is 4. The van der Waals surface area contributed by atoms with Gasteiger partial charge in [0.15, 0.2) is 0 Å². The minimum absolute atomic E-state index is 0.128. The van der Waals surface area contributed by atoms with Crippen LogP contribution >= 0.6 is 11.3 Å². The third-order valence-electron chi connectivity index (χ3n) is 6.32. The molecule has 2 N–H and O–H groups in total. The third kappa shape index (κ3) is 4.64. The summed E-state index contributed by atoms with van der Waals surface area (Å²) in [5, 5.41) is 6.36. The Kier molecular flexibility index (Phi) is 6.50. The Morgan fingerprint density at radius 1 is 1.00 bits per heavy atom. The van der Waals surface area contributed by atoms with Crippen molar-refractivity contribution in [2.45, 2.75) is 45.1 Å². The number of anilines is 1. The maximum Gasteiger partial charge on any atom is 0.261 e. The molecule has 1 aliphatic carbocycles. The van der Waals surface area contributed by atoms with Crippen LogP contribution in [-0.2, 0) is 24.2 Å². The molecule has 2 aromatic heterocycles. The molecule has 4 amide bonds. The zero-order valence-corrected chi connectivity index (χ0v) is 19.9. The second kappa shape index (κ2) is 9.87. The predicted octanol–water partition coefficient (Wildman–Crippen LogP) is 4.16. The highest BCUT2D eigenvalue weighted by atomic mass is 32.1. The van der Waals surface area contributed by atoms with Crippen molar-refractivity contribution >= 4 is 40.0 Å². The van der Waals surface area contributed by atoms with Crippen LogP contribution in [0.5, 0.6) is 0 Å². The third-order valence-corrected chi connectivity index (χ3v) is 7.53. The summed E-state index contributed by atoms with van der Waals surface area (Å²) in [6.45, 7) is 0.432. The maximum atomic E-state index is 13.1. The second-order valence-corrected chi connectivity index (χ2v) is 9.74. The van der Waals surface area contributed by atoms with Crippen molar-refractivity contribution in [1.82, 2.24) is 10.2 Å². The number of amides is 4. The normalized spacial score (nSPS) is 14.6. The number of thiophene rings is 1. The Balaban J connectivity index is 1.22. The molecule has 3 heterocycles. The van der Waals surface area contributed by atoms with Gasteiger partial charge in [-0.05, 0) is 61.9 Å². The molecule has 35 heavy (non-hydrogen) atoms. The van der Waals surface area contributed by atoms with Crippen molar-refractivity contribution in [2.75, 3.05) is 11.9 Å². The Bertz CT molecular complexity index is 1260. The number of nitrogens with one attached hydrogen (secondary N) is 2. The van der Waals surface area contributed by atoms with Crippen molar-refractivity contribution in [3.05, 3.63) is 75.6 Å². The van der Waals surface area contributed by atoms with E-state index in [9.17, 15) is 19.2 Å². The molecule has 0 spiro atoms. The predicted molar refractivity (Wildman–Crippen MR) is 131 cm³/mol. The largest absolute Gasteiger partial charge is 0.467 e. The summed E-state index contributed by atoms with van der Waals surface area (Å²) in [6, 6.07) is 10.3. The first-order valence-corrected chi connectivity index (χ1v) is 12.5. The lowest BCUT2D eigenvalue weighted by molar-refractivity contribution is -0.116. The number of fused-ring (bicyclic) bond motifs is 2. The van der Waals surface area contributed by atoms with Gasteiger partial charge in [-0.25, -0.2) is 0 Å². The van der Waals surface area contributed by atoms with Gasteiger partial charge >= 0.3 is 0 Å². The molecule has 0 radical (unpaired) electrons. The van der Waals surface area contributed by atoms with E-state index in [2.05, 4.69) is 10.6 Å². The molecule has 1 aromatic carbocycles. The number of hydrogen-bond donors (Lipinski definition) is 2. The zero-order valence-electron chi connectivity index (χ0n) is 19.1. The molecule has 8 nitrogen and oxygen atoms in total. The monoisotopic (exact) mass is 491 g/mol. The molecule has 0 bridgehead atoms. The summed E-state index contributed by atoms with van der Waals surface area (Å²) < 4.78 is 5.30. The van der Waals surface area contributed by atoms with E-state index in [0.717, 1.165) is 36.1 Å². The van der Waals surface area contributed by atoms with Crippen LogP contribution in [0.1, 0.15) is 73.0 Å². The zero-order chi connectivity index (χ0) is 24.4. The number of hydrogen-bond acceptors (Lipinski definition) is 6. The van der Waals surface area contributed by atoms with Gasteiger partial charge in [0.05, 0.1) is 29.5 Å². The Labute approximate surface area is 206 Å². The SMILES string of the molecule is O=C(CCCN1C(=O)c2ccccc2C1=O)Nc1sc2c(c1C(=O)NCc1ccco1)CCCC2. The van der Waals surface area contributed by atoms with Gasteiger partial charge in [-0.3, -0.25) is 24.1 Å². The average molecular weight is 492 g/mol. The molecule has 0 saturated carbocycles. The number of benzene rings is 1. The van der Waals surface area contributed by atoms with E-state index in [-0.39, 0.29) is 43.1 Å². The van der Waals surface area contributed by atoms with Gasteiger partial charge in [0.1, 0.15) is 10.8 Å². The molecule has 0 saturated heterocycles. The van der Waals surface area contributed by atoms with E-state index < -0.39 is 0 Å². The number of carbonyl (C=O) groups excluding carboxylic acids is 4. The standard InChI is InChI=1S/C26H25N3O5S/c30-21(12-5-13-29-25(32)17-8-1-2-9-18(17)26(29)33)28-24-22(19-10-3-4-11-20(19)35-24)23(31)27-15-16-7-6-14-34-16/h1-2,6-9,14H,3-5,10-13,15H2,(H,27,31)(H,28,30). The number of rotatable bonds is 8. The van der Waals surface area contributed by atoms with Crippen molar-refractivity contribution in [3.63, 3.8) is 0 Å². The number of imide groups is 1. The molecule has 0 atom stereocenters. The Morgan fingerprint density at radius 3 is 2.46 bits per heavy atom. The fourth-order valence-electron chi connectivity index (χ4n) is 4.59. The minimum Gasteiger partial charge on any atom is -0.467 e. The van der Waals surface area contributed by atoms with E-state index >= 15 is 0 Å². The summed E-state index contributed by atoms with van der Waals surface area (Å²) >= 11 is 1.46. The average Bonchev–Trinajstić information content (AvgIpc) is 3.57. The van der Waals surface area contributed by atoms with Crippen LogP contribution in [0.25, 0.3) is 0 Å². The van der Waals surface area contributed by atoms with Gasteiger partial charge in [0.2, 0.25) is 5.91 Å². The number of furan rings is 1. The van der Waals surface area contributed by atoms with Crippen molar-refractivity contribution < 1.29 is 23.6 Å². The van der Waals surface area contributed by atoms with Gasteiger partial charge in [-0.2, -0.15) is 0 Å². The lowest BCUT2D eigenvalue weighted by Gasteiger charge is -2.14. The fourth-order valence-corrected chi connectivity index (χ4v) is 5.90. The van der Waals surface area contributed by atoms with E-state index in [1.807, 2.05) is 0 Å². The second-order valence-electron chi connectivity index (χ2n) is 8.64. The summed E-state index contributed by atoms with van der Waals surface area (Å²) in [6.07, 6.45) is 5.80. The van der Waals surface area contributed by atoms with Gasteiger partial charge in [0.25, 0.3) is 17.7 Å². The highest BCUT2D eigenvalue weighted by Crippen LogP contribution is 2.38. The lowest BCUT2D eigenvalue weighted by atomic mass is 9.95. The fraction of sp³-hybridized carbons (Fsp3) is 0.308. The number of nitrogens with zero attached hydrogens (tertiary/aromatic N) is 1. The van der Waals surface area contributed by atoms with Crippen LogP contribution in [0.4, 0.5) is 5.00 Å². The van der Waals surface area contributed by atoms with Crippen molar-refractivity contribution in [2.24, 2.45) is 0 Å². The van der Waals surface area contributed by atoms with E-state index in [1.54, 1.807) is 42.7 Å². The van der Waals surface area contributed by atoms with Gasteiger partial charge in [-0.1, -0.05) is 12.1 Å². The van der Waals surface area contributed by atoms with Crippen LogP contribution in [0.3, 0.4) is 0 Å². The van der Waals surface area contributed by atoms with Crippen LogP contribution in [0, 0.1) is 0 Å². The van der Waals surface area contributed by atoms with E-state index in [4.69, 9.17) is 4.42 Å². The van der Waals surface area contributed by atoms with E-state index in [0.29, 0.717) is 33.9 Å². The lowest BCUT2D eigenvalue weighted by Crippen LogP contribution is -2.31. The molecule has 3 aromatic rings. The summed E-state index contributed by atoms with van der Waals surface area (Å²) in [5.74, 6) is -0.483. The molecular weight excluding hydrogens is 466 g/mol. The first kappa shape index (κ1) is 23.0. The van der Waals surface area contributed by atoms with Gasteiger partial charge in [-0.15, -0.1) is 11.3 Å². The summed E-state index contributed by atoms with van der Waals surface area (Å²) in [5.41, 5.74) is 2.34. The topological polar surface area (TPSA) is 109 Å². The molecular formula is C26H25N3O5S. The highest BCUT2D eigenvalue weighted by molar-refractivity contribution is 7.17. The maximum absolute atomic E-state index is 13.1. The van der Waals surface area contributed by atoms with Crippen LogP contribution in [0.15, 0.2) is 47.1 Å². The highest BCUT2D eigenvalue weighted by Gasteiger charge is 2.34. The van der Waals surface area contributed by atoms with Crippen molar-refractivity contribution in [3.8, 4) is 0 Å². The van der Waals surface area contributed by atoms with Gasteiger partial charge < -0.3 is 15.1 Å². The summed E-state index contributed by atoms with van der Waals surface area (Å²) in [4.78, 5) is 53.2. The summed E-state index contributed by atoms with van der Waals surface area (Å²) in [7, 11) is 0. The molecule has 9 heteroatoms. The van der Waals surface area contributed by atoms with Gasteiger partial charge in [0, 0.05) is 17.8 Å². The minimum atomic E-state index is -0.326. The number of aryl methyl sites for hydroxylation is 1. The molecule has 180 valence electrons. The molecule has 1 aliphatic heterocycles. The first-order chi connectivity index (χ1) is 17.0. The molecule has 2 aliphatic rings. The van der Waals surface area contributed by atoms with Crippen LogP contribution in [0.2, 0.25) is 0 Å². The molecule has 0 unspecified atom stereocenters. The van der Waals surface area contributed by atoms with Crippen LogP contribution < -0.4 is 10.6 Å². The first-order valence-electron chi connectivity index (χ1n) is 11.7. The molecule has 0 fully saturated rings. The quantitative estimate of drug-likeness (QED) is 0.460. The molecule has 5 rings (SSSR count). The smallest absolute Gasteiger partial charge is 0.261 e. The van der Waals surface area contributed by atoms with E-state index in [1.165, 1.54) is 16.2 Å². The Morgan fingerprint density at radius 2 is 1.74 bits per heavy atom. The Hall–Kier alpha value is -3.72. The van der Waals surface area contributed by atoms with Crippen LogP contribution in [-0.4, -0.2) is 35.1 Å². The van der Waals surface area contributed by atoms with Crippen molar-refractivity contribution in [1.29, 1.82) is 0 Å².